The van der Waals surface area contributed by atoms with Crippen molar-refractivity contribution in [1.29, 1.82) is 0 Å². The van der Waals surface area contributed by atoms with Crippen LogP contribution in [0.2, 0.25) is 0 Å². The van der Waals surface area contributed by atoms with E-state index in [2.05, 4.69) is 20.7 Å². The zero-order chi connectivity index (χ0) is 15.2. The first-order valence-electron chi connectivity index (χ1n) is 7.04. The number of anilines is 1. The van der Waals surface area contributed by atoms with E-state index >= 15 is 0 Å². The number of hydrogen-bond acceptors (Lipinski definition) is 4. The lowest BCUT2D eigenvalue weighted by molar-refractivity contribution is 0.0955. The van der Waals surface area contributed by atoms with Crippen molar-refractivity contribution in [3.05, 3.63) is 42.0 Å². The molecule has 6 nitrogen and oxygen atoms in total. The van der Waals surface area contributed by atoms with Crippen molar-refractivity contribution >= 4 is 11.6 Å². The highest BCUT2D eigenvalue weighted by molar-refractivity contribution is 5.99. The van der Waals surface area contributed by atoms with Crippen LogP contribution in [0.15, 0.2) is 30.6 Å². The molecule has 2 rings (SSSR count). The van der Waals surface area contributed by atoms with Gasteiger partial charge in [0.25, 0.3) is 5.91 Å². The lowest BCUT2D eigenvalue weighted by atomic mass is 10.1. The molecular formula is C15H21N5O. The maximum Gasteiger partial charge on any atom is 0.253 e. The Hall–Kier alpha value is -2.37. The lowest BCUT2D eigenvalue weighted by Crippen LogP contribution is -2.27. The second kappa shape index (κ2) is 6.88. The molecule has 0 aliphatic rings. The van der Waals surface area contributed by atoms with Gasteiger partial charge in [-0.05, 0) is 26.0 Å². The maximum absolute atomic E-state index is 12.2. The van der Waals surface area contributed by atoms with Crippen molar-refractivity contribution in [2.24, 2.45) is 7.05 Å². The molecule has 2 aromatic rings. The standard InChI is InChI=1S/C15H21N5O/c1-11(2)18-13-7-5-4-6-12(13)15(21)16-9-8-14-17-10-20(3)19-14/h4-7,10-11,18H,8-9H2,1-3H3,(H,16,21). The summed E-state index contributed by atoms with van der Waals surface area (Å²) in [4.78, 5) is 16.4. The molecule has 6 heteroatoms. The molecule has 1 heterocycles. The molecule has 0 aliphatic carbocycles. The minimum absolute atomic E-state index is 0.0883. The van der Waals surface area contributed by atoms with Crippen LogP contribution in [0.5, 0.6) is 0 Å². The van der Waals surface area contributed by atoms with Gasteiger partial charge < -0.3 is 10.6 Å². The van der Waals surface area contributed by atoms with Crippen molar-refractivity contribution in [2.45, 2.75) is 26.3 Å². The van der Waals surface area contributed by atoms with Gasteiger partial charge in [0.05, 0.1) is 5.56 Å². The molecule has 0 aliphatic heterocycles. The van der Waals surface area contributed by atoms with Crippen molar-refractivity contribution in [3.8, 4) is 0 Å². The molecule has 112 valence electrons. The SMILES string of the molecule is CC(C)Nc1ccccc1C(=O)NCCc1ncn(C)n1. The summed E-state index contributed by atoms with van der Waals surface area (Å²) in [6.45, 7) is 4.60. The number of hydrogen-bond donors (Lipinski definition) is 2. The van der Waals surface area contributed by atoms with Crippen LogP contribution in [0.3, 0.4) is 0 Å². The molecule has 0 fully saturated rings. The second-order valence-corrected chi connectivity index (χ2v) is 5.18. The number of carbonyl (C=O) groups is 1. The minimum Gasteiger partial charge on any atom is -0.382 e. The third kappa shape index (κ3) is 4.30. The van der Waals surface area contributed by atoms with Crippen molar-refractivity contribution in [2.75, 3.05) is 11.9 Å². The highest BCUT2D eigenvalue weighted by atomic mass is 16.1. The first-order valence-corrected chi connectivity index (χ1v) is 7.04. The smallest absolute Gasteiger partial charge is 0.253 e. The van der Waals surface area contributed by atoms with Gasteiger partial charge in [-0.25, -0.2) is 4.98 Å². The van der Waals surface area contributed by atoms with Gasteiger partial charge in [0, 0.05) is 31.7 Å². The van der Waals surface area contributed by atoms with E-state index in [0.717, 1.165) is 11.5 Å². The van der Waals surface area contributed by atoms with E-state index in [1.54, 1.807) is 11.0 Å². The summed E-state index contributed by atoms with van der Waals surface area (Å²) >= 11 is 0. The fourth-order valence-corrected chi connectivity index (χ4v) is 2.00. The molecule has 0 atom stereocenters. The fourth-order valence-electron chi connectivity index (χ4n) is 2.00. The second-order valence-electron chi connectivity index (χ2n) is 5.18. The number of amides is 1. The van der Waals surface area contributed by atoms with Gasteiger partial charge in [0.2, 0.25) is 0 Å². The summed E-state index contributed by atoms with van der Waals surface area (Å²) in [5, 5.41) is 10.4. The molecule has 2 N–H and O–H groups in total. The summed E-state index contributed by atoms with van der Waals surface area (Å²) in [5.74, 6) is 0.640. The Kier molecular flexibility index (Phi) is 4.92. The van der Waals surface area contributed by atoms with Crippen LogP contribution in [-0.2, 0) is 13.5 Å². The van der Waals surface area contributed by atoms with Gasteiger partial charge >= 0.3 is 0 Å². The Morgan fingerprint density at radius 3 is 2.76 bits per heavy atom. The third-order valence-corrected chi connectivity index (χ3v) is 2.90. The number of benzene rings is 1. The fraction of sp³-hybridized carbons (Fsp3) is 0.400. The average molecular weight is 287 g/mol. The average Bonchev–Trinajstić information content (AvgIpc) is 2.84. The number of aryl methyl sites for hydroxylation is 1. The molecule has 0 saturated carbocycles. The molecule has 0 bridgehead atoms. The first-order chi connectivity index (χ1) is 10.1. The molecule has 0 radical (unpaired) electrons. The Morgan fingerprint density at radius 1 is 1.33 bits per heavy atom. The van der Waals surface area contributed by atoms with E-state index in [1.165, 1.54) is 0 Å². The largest absolute Gasteiger partial charge is 0.382 e. The molecule has 0 unspecified atom stereocenters. The molecule has 1 amide bonds. The van der Waals surface area contributed by atoms with Crippen LogP contribution in [0.4, 0.5) is 5.69 Å². The highest BCUT2D eigenvalue weighted by Gasteiger charge is 2.11. The summed E-state index contributed by atoms with van der Waals surface area (Å²) in [6.07, 6.45) is 2.27. The Bertz CT molecular complexity index is 606. The van der Waals surface area contributed by atoms with Gasteiger partial charge in [-0.15, -0.1) is 0 Å². The predicted octanol–water partition coefficient (Wildman–Crippen LogP) is 1.61. The third-order valence-electron chi connectivity index (χ3n) is 2.90. The van der Waals surface area contributed by atoms with Gasteiger partial charge in [-0.1, -0.05) is 12.1 Å². The summed E-state index contributed by atoms with van der Waals surface area (Å²) in [5.41, 5.74) is 1.50. The number of aromatic nitrogens is 3. The Labute approximate surface area is 124 Å². The van der Waals surface area contributed by atoms with Crippen LogP contribution in [0.25, 0.3) is 0 Å². The Morgan fingerprint density at radius 2 is 2.10 bits per heavy atom. The monoisotopic (exact) mass is 287 g/mol. The first kappa shape index (κ1) is 15.0. The van der Waals surface area contributed by atoms with E-state index < -0.39 is 0 Å². The van der Waals surface area contributed by atoms with E-state index in [0.29, 0.717) is 18.5 Å². The molecule has 0 saturated heterocycles. The quantitative estimate of drug-likeness (QED) is 0.846. The number of nitrogens with zero attached hydrogens (tertiary/aromatic N) is 3. The molecular weight excluding hydrogens is 266 g/mol. The molecule has 0 spiro atoms. The van der Waals surface area contributed by atoms with Crippen LogP contribution < -0.4 is 10.6 Å². The minimum atomic E-state index is -0.0883. The molecule has 1 aromatic heterocycles. The predicted molar refractivity (Wildman–Crippen MR) is 82.2 cm³/mol. The summed E-state index contributed by atoms with van der Waals surface area (Å²) in [6, 6.07) is 7.78. The number of nitrogens with one attached hydrogen (secondary N) is 2. The van der Waals surface area contributed by atoms with E-state index in [1.807, 2.05) is 45.2 Å². The van der Waals surface area contributed by atoms with Crippen molar-refractivity contribution in [3.63, 3.8) is 0 Å². The van der Waals surface area contributed by atoms with Gasteiger partial charge in [0.15, 0.2) is 5.82 Å². The number of para-hydroxylation sites is 1. The van der Waals surface area contributed by atoms with Crippen molar-refractivity contribution < 1.29 is 4.79 Å². The maximum atomic E-state index is 12.2. The van der Waals surface area contributed by atoms with Crippen LogP contribution in [0.1, 0.15) is 30.0 Å². The lowest BCUT2D eigenvalue weighted by Gasteiger charge is -2.14. The summed E-state index contributed by atoms with van der Waals surface area (Å²) in [7, 11) is 1.82. The zero-order valence-electron chi connectivity index (χ0n) is 12.6. The Balaban J connectivity index is 1.94. The van der Waals surface area contributed by atoms with Gasteiger partial charge in [-0.2, -0.15) is 5.10 Å². The zero-order valence-corrected chi connectivity index (χ0v) is 12.6. The van der Waals surface area contributed by atoms with Crippen LogP contribution >= 0.6 is 0 Å². The van der Waals surface area contributed by atoms with Crippen LogP contribution in [-0.4, -0.2) is 33.3 Å². The van der Waals surface area contributed by atoms with Crippen molar-refractivity contribution in [1.82, 2.24) is 20.1 Å². The van der Waals surface area contributed by atoms with E-state index in [4.69, 9.17) is 0 Å². The van der Waals surface area contributed by atoms with E-state index in [9.17, 15) is 4.79 Å². The van der Waals surface area contributed by atoms with Crippen LogP contribution in [0, 0.1) is 0 Å². The number of carbonyl (C=O) groups excluding carboxylic acids is 1. The normalized spacial score (nSPS) is 10.7. The molecule has 1 aromatic carbocycles. The topological polar surface area (TPSA) is 71.8 Å². The number of rotatable bonds is 6. The van der Waals surface area contributed by atoms with Gasteiger partial charge in [-0.3, -0.25) is 9.48 Å². The highest BCUT2D eigenvalue weighted by Crippen LogP contribution is 2.15. The van der Waals surface area contributed by atoms with Gasteiger partial charge in [0.1, 0.15) is 6.33 Å². The van der Waals surface area contributed by atoms with E-state index in [-0.39, 0.29) is 11.9 Å². The molecule has 21 heavy (non-hydrogen) atoms. The summed E-state index contributed by atoms with van der Waals surface area (Å²) < 4.78 is 1.65.